The summed E-state index contributed by atoms with van der Waals surface area (Å²) < 4.78 is 1.65. The molecule has 0 radical (unpaired) electrons. The molecule has 0 aromatic carbocycles. The highest BCUT2D eigenvalue weighted by molar-refractivity contribution is 6.01. The van der Waals surface area contributed by atoms with Crippen LogP contribution in [0.2, 0.25) is 0 Å². The molecule has 122 valence electrons. The normalized spacial score (nSPS) is 14.6. The van der Waals surface area contributed by atoms with Crippen LogP contribution >= 0.6 is 0 Å². The van der Waals surface area contributed by atoms with Gasteiger partial charge in [-0.1, -0.05) is 0 Å². The Morgan fingerprint density at radius 1 is 1.21 bits per heavy atom. The van der Waals surface area contributed by atoms with Crippen molar-refractivity contribution in [1.29, 1.82) is 0 Å². The van der Waals surface area contributed by atoms with Crippen LogP contribution in [0.15, 0.2) is 30.6 Å². The zero-order valence-corrected chi connectivity index (χ0v) is 13.4. The molecule has 1 aliphatic heterocycles. The fourth-order valence-electron chi connectivity index (χ4n) is 2.98. The molecule has 0 spiro atoms. The highest BCUT2D eigenvalue weighted by atomic mass is 16.1. The third kappa shape index (κ3) is 2.58. The number of hydrogen-bond acceptors (Lipinski definition) is 6. The maximum Gasteiger partial charge on any atom is 0.170 e. The van der Waals surface area contributed by atoms with Gasteiger partial charge in [0.1, 0.15) is 17.5 Å². The molecule has 7 nitrogen and oxygen atoms in total. The molecule has 0 fully saturated rings. The molecule has 4 bridgehead atoms. The number of carbonyl (C=O) groups excluding carboxylic acids is 1. The first kappa shape index (κ1) is 14.6. The van der Waals surface area contributed by atoms with E-state index >= 15 is 0 Å². The number of aryl methyl sites for hydroxylation is 1. The Hall–Kier alpha value is -2.96. The Morgan fingerprint density at radius 2 is 2.08 bits per heavy atom. The van der Waals surface area contributed by atoms with E-state index in [-0.39, 0.29) is 5.78 Å². The summed E-state index contributed by atoms with van der Waals surface area (Å²) in [6, 6.07) is 5.89. The smallest absolute Gasteiger partial charge is 0.170 e. The molecule has 1 aliphatic rings. The number of nitrogens with zero attached hydrogens (tertiary/aromatic N) is 4. The molecule has 24 heavy (non-hydrogen) atoms. The first-order chi connectivity index (χ1) is 11.7. The molecule has 7 heteroatoms. The van der Waals surface area contributed by atoms with Crippen molar-refractivity contribution in [2.75, 3.05) is 17.7 Å². The highest BCUT2D eigenvalue weighted by Gasteiger charge is 2.17. The van der Waals surface area contributed by atoms with E-state index < -0.39 is 0 Å². The monoisotopic (exact) mass is 322 g/mol. The van der Waals surface area contributed by atoms with Crippen molar-refractivity contribution in [1.82, 2.24) is 19.6 Å². The third-order valence-electron chi connectivity index (χ3n) is 4.23. The Kier molecular flexibility index (Phi) is 3.60. The summed E-state index contributed by atoms with van der Waals surface area (Å²) in [5.74, 6) is 2.22. The lowest BCUT2D eigenvalue weighted by Gasteiger charge is -2.10. The average molecular weight is 322 g/mol. The van der Waals surface area contributed by atoms with E-state index in [1.54, 1.807) is 16.9 Å². The van der Waals surface area contributed by atoms with E-state index in [1.165, 1.54) is 5.56 Å². The Bertz CT molecular complexity index is 917. The molecule has 4 heterocycles. The molecule has 2 N–H and O–H groups in total. The van der Waals surface area contributed by atoms with Crippen LogP contribution in [0.1, 0.15) is 35.2 Å². The molecule has 3 aromatic heterocycles. The highest BCUT2D eigenvalue weighted by Crippen LogP contribution is 2.23. The van der Waals surface area contributed by atoms with Crippen LogP contribution in [0, 0.1) is 0 Å². The Morgan fingerprint density at radius 3 is 2.96 bits per heavy atom. The quantitative estimate of drug-likeness (QED) is 0.717. The molecule has 0 aliphatic carbocycles. The van der Waals surface area contributed by atoms with Gasteiger partial charge in [-0.05, 0) is 37.0 Å². The number of carbonyl (C=O) groups is 1. The summed E-state index contributed by atoms with van der Waals surface area (Å²) in [5.41, 5.74) is 2.33. The zero-order valence-electron chi connectivity index (χ0n) is 13.4. The predicted molar refractivity (Wildman–Crippen MR) is 91.9 cm³/mol. The molecule has 0 atom stereocenters. The average Bonchev–Trinajstić information content (AvgIpc) is 3.01. The van der Waals surface area contributed by atoms with Gasteiger partial charge in [0, 0.05) is 25.7 Å². The summed E-state index contributed by atoms with van der Waals surface area (Å²) in [4.78, 5) is 21.5. The van der Waals surface area contributed by atoms with Crippen LogP contribution in [-0.2, 0) is 6.42 Å². The van der Waals surface area contributed by atoms with Crippen molar-refractivity contribution in [2.45, 2.75) is 25.7 Å². The number of Topliss-reactive ketones (excluding diaryl/α,β-unsaturated/α-hetero) is 1. The summed E-state index contributed by atoms with van der Waals surface area (Å²) in [6.45, 7) is 0. The van der Waals surface area contributed by atoms with Crippen LogP contribution in [-0.4, -0.2) is 32.4 Å². The lowest BCUT2D eigenvalue weighted by molar-refractivity contribution is 0.0981. The van der Waals surface area contributed by atoms with Gasteiger partial charge in [0.15, 0.2) is 11.4 Å². The van der Waals surface area contributed by atoms with Gasteiger partial charge >= 0.3 is 0 Å². The van der Waals surface area contributed by atoms with E-state index in [9.17, 15) is 4.79 Å². The van der Waals surface area contributed by atoms with Gasteiger partial charge in [0.05, 0.1) is 11.8 Å². The standard InChI is InChI=1S/C17H18N6O/c1-18-16-9-15-21-14-8-11(6-7-19-14)4-2-3-5-13(24)12-10-20-23(16)17(12)22-15/h6-10,18H,2-5H2,1H3,(H,19,21,22). The van der Waals surface area contributed by atoms with E-state index in [2.05, 4.69) is 25.7 Å². The van der Waals surface area contributed by atoms with Crippen molar-refractivity contribution in [3.8, 4) is 0 Å². The number of rotatable bonds is 1. The second kappa shape index (κ2) is 5.92. The fourth-order valence-corrected chi connectivity index (χ4v) is 2.98. The van der Waals surface area contributed by atoms with Gasteiger partial charge in [0.2, 0.25) is 0 Å². The Balaban J connectivity index is 1.88. The summed E-state index contributed by atoms with van der Waals surface area (Å²) in [7, 11) is 1.81. The second-order valence-electron chi connectivity index (χ2n) is 5.87. The first-order valence-corrected chi connectivity index (χ1v) is 8.06. The van der Waals surface area contributed by atoms with Gasteiger partial charge < -0.3 is 10.6 Å². The van der Waals surface area contributed by atoms with E-state index in [0.717, 1.165) is 30.9 Å². The van der Waals surface area contributed by atoms with Crippen molar-refractivity contribution >= 4 is 28.9 Å². The number of ketones is 1. The number of nitrogens with one attached hydrogen (secondary N) is 2. The molecule has 0 saturated carbocycles. The fraction of sp³-hybridized carbons (Fsp3) is 0.294. The van der Waals surface area contributed by atoms with Gasteiger partial charge in [0.25, 0.3) is 0 Å². The third-order valence-corrected chi connectivity index (χ3v) is 4.23. The van der Waals surface area contributed by atoms with Crippen molar-refractivity contribution < 1.29 is 4.79 Å². The molecule has 4 rings (SSSR count). The van der Waals surface area contributed by atoms with Crippen molar-refractivity contribution in [3.63, 3.8) is 0 Å². The summed E-state index contributed by atoms with van der Waals surface area (Å²) in [5, 5.41) is 10.6. The van der Waals surface area contributed by atoms with Gasteiger partial charge in [-0.2, -0.15) is 9.61 Å². The summed E-state index contributed by atoms with van der Waals surface area (Å²) in [6.07, 6.45) is 6.65. The van der Waals surface area contributed by atoms with Crippen LogP contribution < -0.4 is 10.6 Å². The molecular formula is C17H18N6O. The SMILES string of the molecule is CNc1cc2nc3c(cnn13)C(=O)CCCCc1ccnc(c1)N2. The number of pyridine rings is 1. The van der Waals surface area contributed by atoms with Crippen LogP contribution in [0.25, 0.3) is 5.65 Å². The van der Waals surface area contributed by atoms with Crippen LogP contribution in [0.3, 0.4) is 0 Å². The maximum atomic E-state index is 12.5. The lowest BCUT2D eigenvalue weighted by atomic mass is 10.0. The largest absolute Gasteiger partial charge is 0.373 e. The van der Waals surface area contributed by atoms with E-state index in [1.807, 2.05) is 25.2 Å². The number of fused-ring (bicyclic) bond motifs is 3. The molecular weight excluding hydrogens is 304 g/mol. The minimum Gasteiger partial charge on any atom is -0.373 e. The van der Waals surface area contributed by atoms with Gasteiger partial charge in [-0.25, -0.2) is 9.97 Å². The van der Waals surface area contributed by atoms with Gasteiger partial charge in [-0.15, -0.1) is 0 Å². The van der Waals surface area contributed by atoms with E-state index in [0.29, 0.717) is 23.4 Å². The maximum absolute atomic E-state index is 12.5. The molecule has 0 saturated heterocycles. The Labute approximate surface area is 139 Å². The molecule has 0 amide bonds. The van der Waals surface area contributed by atoms with Gasteiger partial charge in [-0.3, -0.25) is 4.79 Å². The van der Waals surface area contributed by atoms with Crippen molar-refractivity contribution in [3.05, 3.63) is 41.7 Å². The number of hydrogen-bond donors (Lipinski definition) is 2. The molecule has 0 unspecified atom stereocenters. The minimum atomic E-state index is 0.0841. The summed E-state index contributed by atoms with van der Waals surface area (Å²) >= 11 is 0. The second-order valence-corrected chi connectivity index (χ2v) is 5.87. The first-order valence-electron chi connectivity index (χ1n) is 8.06. The molecule has 3 aromatic rings. The van der Waals surface area contributed by atoms with Crippen LogP contribution in [0.5, 0.6) is 0 Å². The topological polar surface area (TPSA) is 84.2 Å². The minimum absolute atomic E-state index is 0.0841. The predicted octanol–water partition coefficient (Wildman–Crippen LogP) is 2.82. The van der Waals surface area contributed by atoms with Crippen LogP contribution in [0.4, 0.5) is 17.5 Å². The van der Waals surface area contributed by atoms with Crippen molar-refractivity contribution in [2.24, 2.45) is 0 Å². The zero-order chi connectivity index (χ0) is 16.5. The van der Waals surface area contributed by atoms with E-state index in [4.69, 9.17) is 0 Å². The lowest BCUT2D eigenvalue weighted by Crippen LogP contribution is -2.06. The number of aromatic nitrogens is 4. The number of anilines is 3.